The third-order valence-electron chi connectivity index (χ3n) is 6.78. The van der Waals surface area contributed by atoms with Gasteiger partial charge in [-0.25, -0.2) is 19.2 Å². The van der Waals surface area contributed by atoms with E-state index in [4.69, 9.17) is 30.9 Å². The van der Waals surface area contributed by atoms with Crippen LogP contribution in [0.5, 0.6) is 0 Å². The molecule has 0 bridgehead atoms. The lowest BCUT2D eigenvalue weighted by molar-refractivity contribution is -0.137. The number of aliphatic imine (C=N–C) groups is 1. The number of carbonyl (C=O) groups is 2. The van der Waals surface area contributed by atoms with Crippen molar-refractivity contribution in [2.75, 3.05) is 7.11 Å². The lowest BCUT2D eigenvalue weighted by Gasteiger charge is -2.34. The van der Waals surface area contributed by atoms with Gasteiger partial charge in [0.25, 0.3) is 0 Å². The zero-order valence-corrected chi connectivity index (χ0v) is 21.9. The number of nitrogens with one attached hydrogen (secondary N) is 1. The molecule has 1 atom stereocenters. The zero-order valence-electron chi connectivity index (χ0n) is 20.3. The van der Waals surface area contributed by atoms with Gasteiger partial charge in [0, 0.05) is 28.8 Å². The van der Waals surface area contributed by atoms with Gasteiger partial charge in [-0.3, -0.25) is 9.79 Å². The molecular weight excluding hydrogens is 535 g/mol. The smallest absolute Gasteiger partial charge is 0.338 e. The normalized spacial score (nSPS) is 21.6. The summed E-state index contributed by atoms with van der Waals surface area (Å²) in [7, 11) is 1.30. The molecule has 38 heavy (non-hydrogen) atoms. The summed E-state index contributed by atoms with van der Waals surface area (Å²) in [5, 5.41) is 14.7. The summed E-state index contributed by atoms with van der Waals surface area (Å²) >= 11 is 7.75. The first-order valence-electron chi connectivity index (χ1n) is 12.0. The molecule has 2 aromatic heterocycles. The fourth-order valence-corrected chi connectivity index (χ4v) is 5.82. The van der Waals surface area contributed by atoms with Crippen LogP contribution in [0, 0.1) is 11.7 Å². The number of halogens is 2. The van der Waals surface area contributed by atoms with E-state index in [9.17, 15) is 14.0 Å². The van der Waals surface area contributed by atoms with Gasteiger partial charge < -0.3 is 19.6 Å². The van der Waals surface area contributed by atoms with E-state index in [1.165, 1.54) is 36.8 Å². The molecule has 12 heteroatoms. The Morgan fingerprint density at radius 2 is 2.03 bits per heavy atom. The summed E-state index contributed by atoms with van der Waals surface area (Å²) in [4.78, 5) is 37.6. The quantitative estimate of drug-likeness (QED) is 0.386. The summed E-state index contributed by atoms with van der Waals surface area (Å²) in [5.41, 5.74) is 1.68. The molecule has 198 valence electrons. The van der Waals surface area contributed by atoms with Gasteiger partial charge in [-0.2, -0.15) is 0 Å². The molecule has 1 aliphatic carbocycles. The zero-order chi connectivity index (χ0) is 26.8. The first-order valence-corrected chi connectivity index (χ1v) is 13.3. The van der Waals surface area contributed by atoms with Crippen LogP contribution in [0.4, 0.5) is 4.39 Å². The minimum Gasteiger partial charge on any atom is -0.481 e. The Labute approximate surface area is 226 Å². The number of hydrogen-bond acceptors (Lipinski definition) is 9. The van der Waals surface area contributed by atoms with Crippen LogP contribution < -0.4 is 5.32 Å². The molecular formula is C26H24ClFN4O5S. The number of esters is 1. The summed E-state index contributed by atoms with van der Waals surface area (Å²) in [6.07, 6.45) is 5.67. The van der Waals surface area contributed by atoms with Crippen LogP contribution in [-0.2, 0) is 20.7 Å². The van der Waals surface area contributed by atoms with Gasteiger partial charge in [0.05, 0.1) is 29.8 Å². The summed E-state index contributed by atoms with van der Waals surface area (Å²) in [5.74, 6) is -1.19. The number of amidine groups is 1. The number of benzene rings is 1. The maximum atomic E-state index is 14.5. The van der Waals surface area contributed by atoms with Crippen molar-refractivity contribution in [3.63, 3.8) is 0 Å². The number of methoxy groups -OCH3 is 1. The maximum Gasteiger partial charge on any atom is 0.338 e. The molecule has 2 aliphatic rings. The van der Waals surface area contributed by atoms with Gasteiger partial charge in [-0.15, -0.1) is 11.3 Å². The Hall–Kier alpha value is -3.57. The van der Waals surface area contributed by atoms with Gasteiger partial charge in [0.15, 0.2) is 16.7 Å². The number of carboxylic acid groups (broad SMARTS) is 1. The van der Waals surface area contributed by atoms with Crippen molar-refractivity contribution >= 4 is 40.7 Å². The molecule has 0 radical (unpaired) electrons. The second-order valence-corrected chi connectivity index (χ2v) is 10.4. The van der Waals surface area contributed by atoms with Crippen molar-refractivity contribution in [1.82, 2.24) is 15.3 Å². The first kappa shape index (κ1) is 26.1. The predicted molar refractivity (Wildman–Crippen MR) is 138 cm³/mol. The Balaban J connectivity index is 1.49. The van der Waals surface area contributed by atoms with Crippen molar-refractivity contribution < 1.29 is 28.2 Å². The van der Waals surface area contributed by atoms with E-state index < -0.39 is 23.8 Å². The number of aromatic nitrogens is 2. The number of rotatable bonds is 7. The molecule has 2 N–H and O–H groups in total. The fraction of sp³-hybridized carbons (Fsp3) is 0.346. The van der Waals surface area contributed by atoms with Crippen LogP contribution in [0.3, 0.4) is 0 Å². The van der Waals surface area contributed by atoms with Gasteiger partial charge in [-0.05, 0) is 37.7 Å². The van der Waals surface area contributed by atoms with Crippen molar-refractivity contribution in [1.29, 1.82) is 0 Å². The number of carboxylic acids is 1. The highest BCUT2D eigenvalue weighted by Gasteiger charge is 2.38. The van der Waals surface area contributed by atoms with E-state index in [2.05, 4.69) is 15.3 Å². The summed E-state index contributed by atoms with van der Waals surface area (Å²) in [6.45, 7) is 0. The van der Waals surface area contributed by atoms with Crippen LogP contribution >= 0.6 is 22.9 Å². The van der Waals surface area contributed by atoms with E-state index in [0.717, 1.165) is 0 Å². The molecule has 5 rings (SSSR count). The second-order valence-electron chi connectivity index (χ2n) is 9.10. The largest absolute Gasteiger partial charge is 0.481 e. The monoisotopic (exact) mass is 558 g/mol. The number of thiazole rings is 1. The average molecular weight is 559 g/mol. The molecule has 0 amide bonds. The van der Waals surface area contributed by atoms with E-state index in [-0.39, 0.29) is 28.9 Å². The molecule has 1 saturated carbocycles. The molecule has 0 spiro atoms. The Morgan fingerprint density at radius 3 is 2.71 bits per heavy atom. The maximum absolute atomic E-state index is 14.5. The van der Waals surface area contributed by atoms with E-state index >= 15 is 0 Å². The third-order valence-corrected chi connectivity index (χ3v) is 7.96. The number of oxazole rings is 1. The number of ether oxygens (including phenoxy) is 1. The highest BCUT2D eigenvalue weighted by atomic mass is 35.5. The SMILES string of the molecule is COC(=O)C1=C(C2CCC(c3nc(CC(=O)O)co3)CC2)NC(c2nccs2)=NC1c1cccc(F)c1Cl. The number of hydrogen-bond donors (Lipinski definition) is 2. The lowest BCUT2D eigenvalue weighted by Crippen LogP contribution is -2.37. The van der Waals surface area contributed by atoms with Crippen LogP contribution in [0.15, 0.2) is 56.7 Å². The van der Waals surface area contributed by atoms with E-state index in [1.54, 1.807) is 12.3 Å². The number of nitrogens with zero attached hydrogens (tertiary/aromatic N) is 3. The molecule has 1 aliphatic heterocycles. The molecule has 1 unspecified atom stereocenters. The molecule has 9 nitrogen and oxygen atoms in total. The fourth-order valence-electron chi connectivity index (χ4n) is 5.00. The van der Waals surface area contributed by atoms with Crippen LogP contribution in [0.25, 0.3) is 0 Å². The number of aliphatic carboxylic acids is 1. The molecule has 3 heterocycles. The standard InChI is InChI=1S/C26H24ClFN4O5S/c1-36-26(35)19-21(13-5-7-14(8-6-13)24-30-15(12-37-24)11-18(33)34)31-23(25-29-9-10-38-25)32-22(19)16-3-2-4-17(28)20(16)27/h2-4,9-10,12-14,22H,5-8,11H2,1H3,(H,31,32)(H,33,34). The Morgan fingerprint density at radius 1 is 1.26 bits per heavy atom. The highest BCUT2D eigenvalue weighted by molar-refractivity contribution is 7.11. The van der Waals surface area contributed by atoms with Gasteiger partial charge in [0.1, 0.15) is 18.1 Å². The van der Waals surface area contributed by atoms with Crippen LogP contribution in [0.1, 0.15) is 59.8 Å². The summed E-state index contributed by atoms with van der Waals surface area (Å²) < 4.78 is 25.2. The van der Waals surface area contributed by atoms with Gasteiger partial charge in [-0.1, -0.05) is 23.7 Å². The van der Waals surface area contributed by atoms with E-state index in [0.29, 0.717) is 59.4 Å². The van der Waals surface area contributed by atoms with Crippen molar-refractivity contribution in [3.8, 4) is 0 Å². The molecule has 1 aromatic carbocycles. The van der Waals surface area contributed by atoms with Crippen LogP contribution in [0.2, 0.25) is 5.02 Å². The minimum atomic E-state index is -0.968. The minimum absolute atomic E-state index is 0.0279. The number of allylic oxidation sites excluding steroid dienone is 1. The van der Waals surface area contributed by atoms with Crippen LogP contribution in [-0.4, -0.2) is 40.0 Å². The average Bonchev–Trinajstić information content (AvgIpc) is 3.62. The second kappa shape index (κ2) is 11.0. The highest BCUT2D eigenvalue weighted by Crippen LogP contribution is 2.43. The topological polar surface area (TPSA) is 127 Å². The van der Waals surface area contributed by atoms with E-state index in [1.807, 2.05) is 5.38 Å². The summed E-state index contributed by atoms with van der Waals surface area (Å²) in [6, 6.07) is 3.56. The predicted octanol–water partition coefficient (Wildman–Crippen LogP) is 5.04. The third kappa shape index (κ3) is 5.21. The lowest BCUT2D eigenvalue weighted by atomic mass is 9.78. The molecule has 3 aromatic rings. The Bertz CT molecular complexity index is 1410. The number of carbonyl (C=O) groups excluding carboxylic acids is 1. The molecule has 1 fully saturated rings. The van der Waals surface area contributed by atoms with Crippen molar-refractivity contribution in [3.05, 3.63) is 80.3 Å². The van der Waals surface area contributed by atoms with Crippen molar-refractivity contribution in [2.45, 2.75) is 44.1 Å². The van der Waals surface area contributed by atoms with Gasteiger partial charge in [0.2, 0.25) is 0 Å². The van der Waals surface area contributed by atoms with Crippen molar-refractivity contribution in [2.24, 2.45) is 10.9 Å². The van der Waals surface area contributed by atoms with Gasteiger partial charge >= 0.3 is 11.9 Å². The Kier molecular flexibility index (Phi) is 7.57. The first-order chi connectivity index (χ1) is 18.4. The molecule has 0 saturated heterocycles.